The number of hydrogen-bond donors (Lipinski definition) is 1. The van der Waals surface area contributed by atoms with E-state index in [2.05, 4.69) is 20.9 Å². The molecular formula is C10H5BrClNO3S. The number of carboxylic acids is 1. The highest BCUT2D eigenvalue weighted by molar-refractivity contribution is 9.10. The van der Waals surface area contributed by atoms with Crippen LogP contribution in [0.15, 0.2) is 28.7 Å². The third-order valence-electron chi connectivity index (χ3n) is 1.79. The zero-order chi connectivity index (χ0) is 12.4. The Hall–Kier alpha value is -1.11. The molecule has 0 saturated heterocycles. The van der Waals surface area contributed by atoms with Crippen LogP contribution in [0.1, 0.15) is 9.67 Å². The number of nitrogens with zero attached hydrogens (tertiary/aromatic N) is 1. The van der Waals surface area contributed by atoms with Crippen LogP contribution in [0.25, 0.3) is 0 Å². The van der Waals surface area contributed by atoms with Crippen molar-refractivity contribution in [1.29, 1.82) is 0 Å². The number of carboxylic acid groups (broad SMARTS) is 1. The van der Waals surface area contributed by atoms with Gasteiger partial charge >= 0.3 is 5.97 Å². The summed E-state index contributed by atoms with van der Waals surface area (Å²) in [6, 6.07) is 7.18. The first-order valence-corrected chi connectivity index (χ1v) is 6.38. The summed E-state index contributed by atoms with van der Waals surface area (Å²) in [4.78, 5) is 14.6. The molecule has 2 aromatic rings. The Bertz CT molecular complexity index is 572. The predicted molar refractivity (Wildman–Crippen MR) is 68.3 cm³/mol. The topological polar surface area (TPSA) is 59.4 Å². The Labute approximate surface area is 114 Å². The summed E-state index contributed by atoms with van der Waals surface area (Å²) in [6.07, 6.45) is 0. The number of thiazole rings is 1. The van der Waals surface area contributed by atoms with Gasteiger partial charge in [-0.1, -0.05) is 35.1 Å². The molecule has 0 saturated carbocycles. The van der Waals surface area contributed by atoms with E-state index < -0.39 is 5.97 Å². The van der Waals surface area contributed by atoms with E-state index in [1.807, 2.05) is 12.1 Å². The minimum absolute atomic E-state index is 0.0336. The van der Waals surface area contributed by atoms with Gasteiger partial charge in [0.2, 0.25) is 0 Å². The second-order valence-electron chi connectivity index (χ2n) is 2.94. The van der Waals surface area contributed by atoms with Crippen molar-refractivity contribution in [2.75, 3.05) is 0 Å². The maximum Gasteiger partial charge on any atom is 0.349 e. The van der Waals surface area contributed by atoms with Crippen LogP contribution in [0.3, 0.4) is 0 Å². The third kappa shape index (κ3) is 2.77. The fourth-order valence-electron chi connectivity index (χ4n) is 1.08. The molecule has 0 bridgehead atoms. The molecular weight excluding hydrogens is 330 g/mol. The fraction of sp³-hybridized carbons (Fsp3) is 0. The number of carbonyl (C=O) groups is 1. The van der Waals surface area contributed by atoms with Gasteiger partial charge in [0.15, 0.2) is 10.0 Å². The van der Waals surface area contributed by atoms with Gasteiger partial charge in [-0.3, -0.25) is 0 Å². The lowest BCUT2D eigenvalue weighted by Crippen LogP contribution is -1.91. The third-order valence-corrected chi connectivity index (χ3v) is 3.76. The van der Waals surface area contributed by atoms with E-state index in [4.69, 9.17) is 21.4 Å². The summed E-state index contributed by atoms with van der Waals surface area (Å²) in [7, 11) is 0. The van der Waals surface area contributed by atoms with Crippen molar-refractivity contribution in [2.45, 2.75) is 0 Å². The molecule has 1 heterocycles. The quantitative estimate of drug-likeness (QED) is 0.920. The molecule has 17 heavy (non-hydrogen) atoms. The molecule has 1 aromatic heterocycles. The number of aromatic carboxylic acids is 1. The van der Waals surface area contributed by atoms with Crippen LogP contribution in [-0.4, -0.2) is 16.1 Å². The molecule has 0 aliphatic rings. The van der Waals surface area contributed by atoms with Gasteiger partial charge in [0, 0.05) is 0 Å². The minimum Gasteiger partial charge on any atom is -0.477 e. The number of aromatic nitrogens is 1. The van der Waals surface area contributed by atoms with Crippen LogP contribution >= 0.6 is 38.9 Å². The minimum atomic E-state index is -1.12. The van der Waals surface area contributed by atoms with Crippen LogP contribution in [0.4, 0.5) is 0 Å². The van der Waals surface area contributed by atoms with E-state index in [-0.39, 0.29) is 15.2 Å². The molecule has 0 aliphatic carbocycles. The molecule has 0 amide bonds. The van der Waals surface area contributed by atoms with Crippen LogP contribution in [0, 0.1) is 0 Å². The molecule has 0 atom stereocenters. The highest BCUT2D eigenvalue weighted by Gasteiger charge is 2.17. The van der Waals surface area contributed by atoms with Crippen molar-refractivity contribution in [2.24, 2.45) is 0 Å². The van der Waals surface area contributed by atoms with E-state index in [1.54, 1.807) is 12.1 Å². The molecule has 2 rings (SSSR count). The summed E-state index contributed by atoms with van der Waals surface area (Å²) in [5.41, 5.74) is 0. The second-order valence-corrected chi connectivity index (χ2v) is 5.11. The number of benzene rings is 1. The summed E-state index contributed by atoms with van der Waals surface area (Å²) < 4.78 is 6.19. The van der Waals surface area contributed by atoms with E-state index in [1.165, 1.54) is 0 Å². The summed E-state index contributed by atoms with van der Waals surface area (Å²) in [6.45, 7) is 0. The molecule has 4 nitrogen and oxygen atoms in total. The lowest BCUT2D eigenvalue weighted by molar-refractivity contribution is 0.0702. The lowest BCUT2D eigenvalue weighted by Gasteiger charge is -2.02. The number of ether oxygens (including phenoxy) is 1. The molecule has 0 spiro atoms. The van der Waals surface area contributed by atoms with E-state index in [9.17, 15) is 4.79 Å². The number of hydrogen-bond acceptors (Lipinski definition) is 4. The van der Waals surface area contributed by atoms with Crippen LogP contribution in [0.5, 0.6) is 10.9 Å². The summed E-state index contributed by atoms with van der Waals surface area (Å²) in [5, 5.41) is 8.95. The molecule has 0 unspecified atom stereocenters. The molecule has 1 N–H and O–H groups in total. The van der Waals surface area contributed by atoms with Gasteiger partial charge in [-0.15, -0.1) is 0 Å². The average Bonchev–Trinajstić information content (AvgIpc) is 2.63. The number of halogens is 2. The lowest BCUT2D eigenvalue weighted by atomic mass is 10.3. The monoisotopic (exact) mass is 333 g/mol. The highest BCUT2D eigenvalue weighted by Crippen LogP contribution is 2.34. The molecule has 0 fully saturated rings. The molecule has 7 heteroatoms. The smallest absolute Gasteiger partial charge is 0.349 e. The Morgan fingerprint density at radius 3 is 2.76 bits per heavy atom. The van der Waals surface area contributed by atoms with Crippen LogP contribution in [-0.2, 0) is 0 Å². The van der Waals surface area contributed by atoms with Crippen LogP contribution in [0.2, 0.25) is 5.15 Å². The first kappa shape index (κ1) is 12.3. The Balaban J connectivity index is 2.28. The van der Waals surface area contributed by atoms with Gasteiger partial charge in [-0.25, -0.2) is 4.79 Å². The normalized spacial score (nSPS) is 10.2. The van der Waals surface area contributed by atoms with E-state index in [0.29, 0.717) is 5.75 Å². The largest absolute Gasteiger partial charge is 0.477 e. The van der Waals surface area contributed by atoms with Gasteiger partial charge in [0.05, 0.1) is 4.47 Å². The fourth-order valence-corrected chi connectivity index (χ4v) is 2.43. The van der Waals surface area contributed by atoms with Crippen molar-refractivity contribution in [3.63, 3.8) is 0 Å². The first-order chi connectivity index (χ1) is 8.08. The SMILES string of the molecule is O=C(O)c1sc(Oc2ccccc2Br)nc1Cl. The molecule has 0 aliphatic heterocycles. The Morgan fingerprint density at radius 1 is 1.47 bits per heavy atom. The molecule has 88 valence electrons. The number of para-hydroxylation sites is 1. The summed E-state index contributed by atoms with van der Waals surface area (Å²) in [5.74, 6) is -0.565. The predicted octanol–water partition coefficient (Wildman–Crippen LogP) is 4.05. The maximum absolute atomic E-state index is 10.8. The first-order valence-electron chi connectivity index (χ1n) is 4.40. The zero-order valence-corrected chi connectivity index (χ0v) is 11.3. The average molecular weight is 335 g/mol. The highest BCUT2D eigenvalue weighted by atomic mass is 79.9. The van der Waals surface area contributed by atoms with Crippen molar-refractivity contribution >= 4 is 44.8 Å². The van der Waals surface area contributed by atoms with Crippen molar-refractivity contribution in [1.82, 2.24) is 4.98 Å². The van der Waals surface area contributed by atoms with E-state index >= 15 is 0 Å². The maximum atomic E-state index is 10.8. The van der Waals surface area contributed by atoms with Gasteiger partial charge < -0.3 is 9.84 Å². The second kappa shape index (κ2) is 5.03. The standard InChI is InChI=1S/C10H5BrClNO3S/c11-5-3-1-2-4-6(5)16-10-13-8(12)7(17-10)9(14)15/h1-4H,(H,14,15). The van der Waals surface area contributed by atoms with Crippen molar-refractivity contribution in [3.8, 4) is 10.9 Å². The van der Waals surface area contributed by atoms with Gasteiger partial charge in [-0.2, -0.15) is 4.98 Å². The molecule has 0 radical (unpaired) electrons. The Morgan fingerprint density at radius 2 is 2.18 bits per heavy atom. The van der Waals surface area contributed by atoms with Gasteiger partial charge in [0.25, 0.3) is 5.19 Å². The van der Waals surface area contributed by atoms with E-state index in [0.717, 1.165) is 15.8 Å². The molecule has 1 aromatic carbocycles. The van der Waals surface area contributed by atoms with Crippen LogP contribution < -0.4 is 4.74 Å². The van der Waals surface area contributed by atoms with Gasteiger partial charge in [0.1, 0.15) is 5.75 Å². The van der Waals surface area contributed by atoms with Crippen molar-refractivity contribution in [3.05, 3.63) is 38.8 Å². The zero-order valence-electron chi connectivity index (χ0n) is 8.18. The number of rotatable bonds is 3. The summed E-state index contributed by atoms with van der Waals surface area (Å²) >= 11 is 9.87. The Kier molecular flexibility index (Phi) is 3.66. The van der Waals surface area contributed by atoms with Crippen molar-refractivity contribution < 1.29 is 14.6 Å². The van der Waals surface area contributed by atoms with Gasteiger partial charge in [-0.05, 0) is 28.1 Å².